The van der Waals surface area contributed by atoms with Crippen molar-refractivity contribution in [1.29, 1.82) is 0 Å². The molecule has 0 saturated carbocycles. The van der Waals surface area contributed by atoms with Crippen molar-refractivity contribution in [2.75, 3.05) is 18.8 Å². The molecular formula is C24H28N4O3S2. The van der Waals surface area contributed by atoms with Gasteiger partial charge in [0.1, 0.15) is 10.7 Å². The normalized spacial score (nSPS) is 13.0. The lowest BCUT2D eigenvalue weighted by atomic mass is 9.97. The first-order valence-corrected chi connectivity index (χ1v) is 13.2. The van der Waals surface area contributed by atoms with Crippen molar-refractivity contribution >= 4 is 45.1 Å². The number of carbonyl (C=O) groups excluding carboxylic acids is 2. The summed E-state index contributed by atoms with van der Waals surface area (Å²) in [5.74, 6) is 0.891. The standard InChI is InChI=1S/C24H28N4O3S2/c1-2-28(13-16-8-4-3-5-9-16)21(30)12-25-20(29)15-32-14-19-26-23(31)22-17-10-6-7-11-18(17)33-24(22)27-19/h3-5,8-9H,2,6-7,10-15H2,1H3,(H,25,29)(H,26,27,31). The number of aryl methyl sites for hydroxylation is 2. The summed E-state index contributed by atoms with van der Waals surface area (Å²) in [6.07, 6.45) is 4.27. The number of fused-ring (bicyclic) bond motifs is 3. The zero-order valence-electron chi connectivity index (χ0n) is 18.7. The quantitative estimate of drug-likeness (QED) is 0.486. The molecule has 9 heteroatoms. The van der Waals surface area contributed by atoms with E-state index in [4.69, 9.17) is 0 Å². The van der Waals surface area contributed by atoms with Crippen LogP contribution in [0.1, 0.15) is 41.6 Å². The molecule has 2 aromatic heterocycles. The smallest absolute Gasteiger partial charge is 0.259 e. The van der Waals surface area contributed by atoms with Crippen LogP contribution in [0.25, 0.3) is 10.2 Å². The van der Waals surface area contributed by atoms with Crippen LogP contribution in [-0.4, -0.2) is 45.5 Å². The molecular weight excluding hydrogens is 456 g/mol. The molecule has 33 heavy (non-hydrogen) atoms. The highest BCUT2D eigenvalue weighted by molar-refractivity contribution is 7.99. The highest BCUT2D eigenvalue weighted by atomic mass is 32.2. The van der Waals surface area contributed by atoms with Crippen molar-refractivity contribution in [3.63, 3.8) is 0 Å². The van der Waals surface area contributed by atoms with Gasteiger partial charge in [-0.1, -0.05) is 30.3 Å². The number of hydrogen-bond acceptors (Lipinski definition) is 6. The predicted octanol–water partition coefficient (Wildman–Crippen LogP) is 3.26. The van der Waals surface area contributed by atoms with Crippen LogP contribution in [0.4, 0.5) is 0 Å². The highest BCUT2D eigenvalue weighted by Crippen LogP contribution is 2.33. The molecule has 1 aromatic carbocycles. The van der Waals surface area contributed by atoms with Crippen LogP contribution in [0, 0.1) is 0 Å². The Morgan fingerprint density at radius 3 is 2.79 bits per heavy atom. The molecule has 2 amide bonds. The molecule has 0 atom stereocenters. The SMILES string of the molecule is CCN(Cc1ccccc1)C(=O)CNC(=O)CSCc1nc2sc3c(c2c(=O)[nH]1)CCCC3. The van der Waals surface area contributed by atoms with Crippen LogP contribution >= 0.6 is 23.1 Å². The number of H-pyrrole nitrogens is 1. The Hall–Kier alpha value is -2.65. The summed E-state index contributed by atoms with van der Waals surface area (Å²) >= 11 is 2.99. The van der Waals surface area contributed by atoms with Crippen LogP contribution in [0.15, 0.2) is 35.1 Å². The highest BCUT2D eigenvalue weighted by Gasteiger charge is 2.20. The molecule has 2 heterocycles. The minimum atomic E-state index is -0.209. The maximum Gasteiger partial charge on any atom is 0.259 e. The first kappa shape index (κ1) is 23.5. The number of nitrogens with zero attached hydrogens (tertiary/aromatic N) is 2. The third-order valence-electron chi connectivity index (χ3n) is 5.73. The molecule has 2 N–H and O–H groups in total. The number of thioether (sulfide) groups is 1. The van der Waals surface area contributed by atoms with Crippen molar-refractivity contribution in [3.8, 4) is 0 Å². The van der Waals surface area contributed by atoms with Gasteiger partial charge in [-0.2, -0.15) is 0 Å². The molecule has 3 aromatic rings. The van der Waals surface area contributed by atoms with Crippen LogP contribution < -0.4 is 10.9 Å². The fraction of sp³-hybridized carbons (Fsp3) is 0.417. The number of hydrogen-bond donors (Lipinski definition) is 2. The average molecular weight is 485 g/mol. The van der Waals surface area contributed by atoms with Crippen LogP contribution in [0.5, 0.6) is 0 Å². The van der Waals surface area contributed by atoms with E-state index in [1.807, 2.05) is 37.3 Å². The molecule has 0 aliphatic heterocycles. The Kier molecular flexibility index (Phi) is 7.82. The fourth-order valence-corrected chi connectivity index (χ4v) is 6.03. The van der Waals surface area contributed by atoms with Gasteiger partial charge in [-0.25, -0.2) is 4.98 Å². The zero-order valence-corrected chi connectivity index (χ0v) is 20.3. The van der Waals surface area contributed by atoms with Gasteiger partial charge in [0.05, 0.1) is 23.4 Å². The zero-order chi connectivity index (χ0) is 23.2. The van der Waals surface area contributed by atoms with Crippen molar-refractivity contribution in [2.24, 2.45) is 0 Å². The number of likely N-dealkylation sites (N-methyl/N-ethyl adjacent to an activating group) is 1. The molecule has 7 nitrogen and oxygen atoms in total. The molecule has 4 rings (SSSR count). The second-order valence-corrected chi connectivity index (χ2v) is 10.1. The summed E-state index contributed by atoms with van der Waals surface area (Å²) < 4.78 is 0. The van der Waals surface area contributed by atoms with E-state index in [9.17, 15) is 14.4 Å². The number of nitrogens with one attached hydrogen (secondary N) is 2. The van der Waals surface area contributed by atoms with Gasteiger partial charge in [0.2, 0.25) is 11.8 Å². The molecule has 1 aliphatic rings. The van der Waals surface area contributed by atoms with Crippen molar-refractivity contribution in [2.45, 2.75) is 44.9 Å². The average Bonchev–Trinajstić information content (AvgIpc) is 3.20. The summed E-state index contributed by atoms with van der Waals surface area (Å²) in [7, 11) is 0. The van der Waals surface area contributed by atoms with Gasteiger partial charge in [0, 0.05) is 18.0 Å². The maximum absolute atomic E-state index is 12.6. The maximum atomic E-state index is 12.6. The van der Waals surface area contributed by atoms with E-state index in [1.165, 1.54) is 28.6 Å². The van der Waals surface area contributed by atoms with Crippen molar-refractivity contribution < 1.29 is 9.59 Å². The lowest BCUT2D eigenvalue weighted by Crippen LogP contribution is -2.40. The Balaban J connectivity index is 1.26. The summed E-state index contributed by atoms with van der Waals surface area (Å²) in [4.78, 5) is 48.6. The minimum Gasteiger partial charge on any atom is -0.346 e. The van der Waals surface area contributed by atoms with E-state index in [2.05, 4.69) is 15.3 Å². The van der Waals surface area contributed by atoms with Gasteiger partial charge >= 0.3 is 0 Å². The Labute approximate surface area is 201 Å². The third kappa shape index (κ3) is 5.83. The van der Waals surface area contributed by atoms with Gasteiger partial charge in [0.25, 0.3) is 5.56 Å². The van der Waals surface area contributed by atoms with E-state index in [-0.39, 0.29) is 29.7 Å². The van der Waals surface area contributed by atoms with Gasteiger partial charge in [-0.3, -0.25) is 14.4 Å². The second kappa shape index (κ2) is 11.0. The van der Waals surface area contributed by atoms with E-state index in [0.717, 1.165) is 35.0 Å². The number of amides is 2. The van der Waals surface area contributed by atoms with Gasteiger partial charge in [-0.15, -0.1) is 23.1 Å². The topological polar surface area (TPSA) is 95.2 Å². The molecule has 0 spiro atoms. The summed E-state index contributed by atoms with van der Waals surface area (Å²) in [6, 6.07) is 9.79. The number of thiophene rings is 1. The van der Waals surface area contributed by atoms with Gasteiger partial charge < -0.3 is 15.2 Å². The van der Waals surface area contributed by atoms with E-state index < -0.39 is 0 Å². The Morgan fingerprint density at radius 1 is 1.21 bits per heavy atom. The molecule has 0 fully saturated rings. The third-order valence-corrected chi connectivity index (χ3v) is 7.86. The fourth-order valence-electron chi connectivity index (χ4n) is 4.03. The monoisotopic (exact) mass is 484 g/mol. The largest absolute Gasteiger partial charge is 0.346 e. The first-order chi connectivity index (χ1) is 16.0. The number of aromatic amines is 1. The van der Waals surface area contributed by atoms with E-state index in [0.29, 0.717) is 24.7 Å². The lowest BCUT2D eigenvalue weighted by molar-refractivity contribution is -0.132. The van der Waals surface area contributed by atoms with Crippen molar-refractivity contribution in [1.82, 2.24) is 20.2 Å². The van der Waals surface area contributed by atoms with Crippen LogP contribution in [0.3, 0.4) is 0 Å². The van der Waals surface area contributed by atoms with Crippen LogP contribution in [0.2, 0.25) is 0 Å². The molecule has 174 valence electrons. The molecule has 0 saturated heterocycles. The van der Waals surface area contributed by atoms with Crippen LogP contribution in [-0.2, 0) is 34.7 Å². The summed E-state index contributed by atoms with van der Waals surface area (Å²) in [5.41, 5.74) is 2.15. The molecule has 1 aliphatic carbocycles. The predicted molar refractivity (Wildman–Crippen MR) is 134 cm³/mol. The van der Waals surface area contributed by atoms with Gasteiger partial charge in [-0.05, 0) is 43.7 Å². The molecule has 0 bridgehead atoms. The van der Waals surface area contributed by atoms with E-state index >= 15 is 0 Å². The number of carbonyl (C=O) groups is 2. The van der Waals surface area contributed by atoms with E-state index in [1.54, 1.807) is 16.2 Å². The Bertz CT molecular complexity index is 1190. The number of benzene rings is 1. The second-order valence-electron chi connectivity index (χ2n) is 8.07. The minimum absolute atomic E-state index is 0.0259. The number of rotatable bonds is 9. The lowest BCUT2D eigenvalue weighted by Gasteiger charge is -2.21. The number of aromatic nitrogens is 2. The summed E-state index contributed by atoms with van der Waals surface area (Å²) in [5, 5.41) is 3.45. The first-order valence-electron chi connectivity index (χ1n) is 11.2. The van der Waals surface area contributed by atoms with Gasteiger partial charge in [0.15, 0.2) is 0 Å². The summed E-state index contributed by atoms with van der Waals surface area (Å²) in [6.45, 7) is 3.00. The molecule has 0 unspecified atom stereocenters. The Morgan fingerprint density at radius 2 is 2.00 bits per heavy atom. The van der Waals surface area contributed by atoms with Crippen molar-refractivity contribution in [3.05, 3.63) is 62.5 Å². The molecule has 0 radical (unpaired) electrons.